The van der Waals surface area contributed by atoms with Crippen LogP contribution >= 0.6 is 11.8 Å². The Hall–Kier alpha value is -0.700. The van der Waals surface area contributed by atoms with Crippen molar-refractivity contribution in [2.75, 3.05) is 11.9 Å². The summed E-state index contributed by atoms with van der Waals surface area (Å²) in [6.45, 7) is 7.52. The molecule has 1 aromatic rings. The predicted molar refractivity (Wildman–Crippen MR) is 69.4 cm³/mol. The fourth-order valence-corrected chi connectivity index (χ4v) is 2.09. The van der Waals surface area contributed by atoms with Crippen LogP contribution in [0.1, 0.15) is 32.8 Å². The SMILES string of the molecule is CCNc1cc(CSC(C)CC)ccn1. The van der Waals surface area contributed by atoms with Gasteiger partial charge in [-0.25, -0.2) is 4.98 Å². The highest BCUT2D eigenvalue weighted by Crippen LogP contribution is 2.20. The van der Waals surface area contributed by atoms with Crippen LogP contribution in [0, 0.1) is 0 Å². The van der Waals surface area contributed by atoms with Gasteiger partial charge in [0.05, 0.1) is 0 Å². The van der Waals surface area contributed by atoms with Crippen molar-refractivity contribution in [3.8, 4) is 0 Å². The van der Waals surface area contributed by atoms with Gasteiger partial charge in [-0.2, -0.15) is 11.8 Å². The van der Waals surface area contributed by atoms with Crippen LogP contribution in [0.3, 0.4) is 0 Å². The summed E-state index contributed by atoms with van der Waals surface area (Å²) in [5.41, 5.74) is 1.35. The number of hydrogen-bond acceptors (Lipinski definition) is 3. The molecule has 0 aromatic carbocycles. The van der Waals surface area contributed by atoms with Crippen molar-refractivity contribution in [2.24, 2.45) is 0 Å². The molecule has 0 aliphatic carbocycles. The van der Waals surface area contributed by atoms with Crippen molar-refractivity contribution in [1.29, 1.82) is 0 Å². The van der Waals surface area contributed by atoms with Crippen LogP contribution < -0.4 is 5.32 Å². The average Bonchev–Trinajstić information content (AvgIpc) is 2.27. The summed E-state index contributed by atoms with van der Waals surface area (Å²) in [6.07, 6.45) is 3.11. The van der Waals surface area contributed by atoms with Crippen molar-refractivity contribution in [3.63, 3.8) is 0 Å². The summed E-state index contributed by atoms with van der Waals surface area (Å²) in [7, 11) is 0. The number of hydrogen-bond donors (Lipinski definition) is 1. The molecule has 3 heteroatoms. The second-order valence-corrected chi connectivity index (χ2v) is 5.04. The minimum absolute atomic E-state index is 0.737. The molecule has 1 N–H and O–H groups in total. The Balaban J connectivity index is 2.50. The number of rotatable bonds is 6. The van der Waals surface area contributed by atoms with Crippen molar-refractivity contribution in [2.45, 2.75) is 38.2 Å². The normalized spacial score (nSPS) is 12.5. The third-order valence-electron chi connectivity index (χ3n) is 2.29. The topological polar surface area (TPSA) is 24.9 Å². The highest BCUT2D eigenvalue weighted by atomic mass is 32.2. The Morgan fingerprint density at radius 1 is 1.47 bits per heavy atom. The summed E-state index contributed by atoms with van der Waals surface area (Å²) < 4.78 is 0. The molecule has 0 fully saturated rings. The zero-order valence-electron chi connectivity index (χ0n) is 9.79. The number of pyridine rings is 1. The molecule has 1 rings (SSSR count). The first kappa shape index (κ1) is 12.4. The zero-order valence-corrected chi connectivity index (χ0v) is 10.6. The number of aromatic nitrogens is 1. The smallest absolute Gasteiger partial charge is 0.126 e. The molecule has 2 nitrogen and oxygen atoms in total. The second-order valence-electron chi connectivity index (χ2n) is 3.61. The summed E-state index contributed by atoms with van der Waals surface area (Å²) >= 11 is 2.00. The van der Waals surface area contributed by atoms with Crippen LogP contribution in [-0.4, -0.2) is 16.8 Å². The molecule has 0 aliphatic heterocycles. The first-order valence-corrected chi connectivity index (χ1v) is 6.61. The van der Waals surface area contributed by atoms with Gasteiger partial charge in [-0.1, -0.05) is 13.8 Å². The van der Waals surface area contributed by atoms with Crippen LogP contribution in [-0.2, 0) is 5.75 Å². The Kier molecular flexibility index (Phi) is 5.54. The van der Waals surface area contributed by atoms with Gasteiger partial charge in [0.2, 0.25) is 0 Å². The lowest BCUT2D eigenvalue weighted by Crippen LogP contribution is -2.00. The molecule has 1 aromatic heterocycles. The maximum atomic E-state index is 4.26. The minimum atomic E-state index is 0.737. The van der Waals surface area contributed by atoms with Gasteiger partial charge < -0.3 is 5.32 Å². The van der Waals surface area contributed by atoms with Crippen molar-refractivity contribution >= 4 is 17.6 Å². The molecule has 1 heterocycles. The first-order chi connectivity index (χ1) is 7.26. The van der Waals surface area contributed by atoms with E-state index in [1.165, 1.54) is 12.0 Å². The Labute approximate surface area is 96.9 Å². The predicted octanol–water partition coefficient (Wildman–Crippen LogP) is 3.55. The molecule has 0 saturated carbocycles. The lowest BCUT2D eigenvalue weighted by atomic mass is 10.3. The minimum Gasteiger partial charge on any atom is -0.370 e. The molecule has 84 valence electrons. The van der Waals surface area contributed by atoms with Crippen LogP contribution in [0.25, 0.3) is 0 Å². The number of thioether (sulfide) groups is 1. The highest BCUT2D eigenvalue weighted by molar-refractivity contribution is 7.99. The zero-order chi connectivity index (χ0) is 11.1. The second kappa shape index (κ2) is 6.72. The van der Waals surface area contributed by atoms with Crippen molar-refractivity contribution in [1.82, 2.24) is 4.98 Å². The summed E-state index contributed by atoms with van der Waals surface area (Å²) in [5.74, 6) is 2.07. The number of anilines is 1. The van der Waals surface area contributed by atoms with E-state index in [1.807, 2.05) is 18.0 Å². The van der Waals surface area contributed by atoms with Crippen molar-refractivity contribution in [3.05, 3.63) is 23.9 Å². The monoisotopic (exact) mass is 224 g/mol. The fraction of sp³-hybridized carbons (Fsp3) is 0.583. The quantitative estimate of drug-likeness (QED) is 0.800. The molecule has 1 atom stereocenters. The maximum absolute atomic E-state index is 4.26. The molecule has 0 aliphatic rings. The Morgan fingerprint density at radius 2 is 2.27 bits per heavy atom. The molecule has 0 bridgehead atoms. The molecule has 0 spiro atoms. The van der Waals surface area contributed by atoms with Gasteiger partial charge in [-0.15, -0.1) is 0 Å². The highest BCUT2D eigenvalue weighted by Gasteiger charge is 2.01. The van der Waals surface area contributed by atoms with E-state index in [9.17, 15) is 0 Å². The summed E-state index contributed by atoms with van der Waals surface area (Å²) in [5, 5.41) is 3.97. The van der Waals surface area contributed by atoms with E-state index >= 15 is 0 Å². The average molecular weight is 224 g/mol. The lowest BCUT2D eigenvalue weighted by molar-refractivity contribution is 0.905. The lowest BCUT2D eigenvalue weighted by Gasteiger charge is -2.09. The fourth-order valence-electron chi connectivity index (χ4n) is 1.20. The van der Waals surface area contributed by atoms with Crippen LogP contribution in [0.4, 0.5) is 5.82 Å². The van der Waals surface area contributed by atoms with Gasteiger partial charge in [0.15, 0.2) is 0 Å². The number of nitrogens with one attached hydrogen (secondary N) is 1. The van der Waals surface area contributed by atoms with E-state index in [-0.39, 0.29) is 0 Å². The molecule has 0 saturated heterocycles. The van der Waals surface area contributed by atoms with Crippen LogP contribution in [0.2, 0.25) is 0 Å². The maximum Gasteiger partial charge on any atom is 0.126 e. The van der Waals surface area contributed by atoms with Gasteiger partial charge in [-0.05, 0) is 31.0 Å². The van der Waals surface area contributed by atoms with E-state index in [0.29, 0.717) is 0 Å². The molecular weight excluding hydrogens is 204 g/mol. The van der Waals surface area contributed by atoms with E-state index in [4.69, 9.17) is 0 Å². The van der Waals surface area contributed by atoms with E-state index in [0.717, 1.165) is 23.4 Å². The van der Waals surface area contributed by atoms with E-state index in [2.05, 4.69) is 43.2 Å². The summed E-state index contributed by atoms with van der Waals surface area (Å²) in [6, 6.07) is 4.23. The number of nitrogens with zero attached hydrogens (tertiary/aromatic N) is 1. The molecule has 15 heavy (non-hydrogen) atoms. The van der Waals surface area contributed by atoms with Gasteiger partial charge in [0.1, 0.15) is 5.82 Å². The van der Waals surface area contributed by atoms with Gasteiger partial charge in [0.25, 0.3) is 0 Å². The summed E-state index contributed by atoms with van der Waals surface area (Å²) in [4.78, 5) is 4.26. The van der Waals surface area contributed by atoms with Gasteiger partial charge in [0, 0.05) is 23.7 Å². The van der Waals surface area contributed by atoms with Crippen LogP contribution in [0.15, 0.2) is 18.3 Å². The third-order valence-corrected chi connectivity index (χ3v) is 3.69. The first-order valence-electron chi connectivity index (χ1n) is 5.56. The largest absolute Gasteiger partial charge is 0.370 e. The Bertz CT molecular complexity index is 289. The molecule has 0 radical (unpaired) electrons. The molecule has 0 amide bonds. The van der Waals surface area contributed by atoms with Crippen LogP contribution in [0.5, 0.6) is 0 Å². The van der Waals surface area contributed by atoms with Crippen molar-refractivity contribution < 1.29 is 0 Å². The van der Waals surface area contributed by atoms with Gasteiger partial charge >= 0.3 is 0 Å². The van der Waals surface area contributed by atoms with Gasteiger partial charge in [-0.3, -0.25) is 0 Å². The standard InChI is InChI=1S/C12H20N2S/c1-4-10(3)15-9-11-6-7-14-12(8-11)13-5-2/h6-8,10H,4-5,9H2,1-3H3,(H,13,14). The molecular formula is C12H20N2S. The Morgan fingerprint density at radius 3 is 2.93 bits per heavy atom. The molecule has 1 unspecified atom stereocenters. The third kappa shape index (κ3) is 4.56. The van der Waals surface area contributed by atoms with E-state index in [1.54, 1.807) is 0 Å². The van der Waals surface area contributed by atoms with E-state index < -0.39 is 0 Å².